The minimum absolute atomic E-state index is 0. The van der Waals surface area contributed by atoms with E-state index >= 15 is 0 Å². The van der Waals surface area contributed by atoms with Crippen LogP contribution in [0.4, 0.5) is 0 Å². The summed E-state index contributed by atoms with van der Waals surface area (Å²) >= 11 is 0. The Balaban J connectivity index is -0.000000325. The van der Waals surface area contributed by atoms with E-state index in [1.807, 2.05) is 12.2 Å². The smallest absolute Gasteiger partial charge is 0 e. The molecule has 0 spiro atoms. The first kappa shape index (κ1) is 22.4. The maximum absolute atomic E-state index is 7.50. The van der Waals surface area contributed by atoms with E-state index in [9.17, 15) is 0 Å². The second kappa shape index (κ2) is 18.5. The Hall–Kier alpha value is -1.82. The standard InChI is InChI=1S/C12H10.3CO.Fe/c1-2-4-8-12-10-6-5-9-11(12)7-3-1;3*1-2;/h1-10H;;;;/b2-1-,3-1?,4-2?,7-3-,8-4-,11-7?,12-8?;;;;. The molecule has 1 aliphatic carbocycles. The summed E-state index contributed by atoms with van der Waals surface area (Å²) in [6.45, 7) is 13.5. The molecule has 1 aliphatic rings. The molecule has 0 saturated carbocycles. The van der Waals surface area contributed by atoms with E-state index in [2.05, 4.69) is 68.5 Å². The van der Waals surface area contributed by atoms with Crippen LogP contribution in [0.25, 0.3) is 12.2 Å². The van der Waals surface area contributed by atoms with E-state index in [0.29, 0.717) is 0 Å². The van der Waals surface area contributed by atoms with Crippen LogP contribution in [0, 0.1) is 20.0 Å². The summed E-state index contributed by atoms with van der Waals surface area (Å²) < 4.78 is 22.5. The van der Waals surface area contributed by atoms with Crippen molar-refractivity contribution >= 4 is 12.2 Å². The van der Waals surface area contributed by atoms with Gasteiger partial charge in [0.25, 0.3) is 0 Å². The van der Waals surface area contributed by atoms with Gasteiger partial charge in [0.2, 0.25) is 0 Å². The van der Waals surface area contributed by atoms with Crippen molar-refractivity contribution in [1.29, 1.82) is 0 Å². The summed E-state index contributed by atoms with van der Waals surface area (Å²) in [5.41, 5.74) is 2.55. The second-order valence-electron chi connectivity index (χ2n) is 2.73. The molecule has 1 aromatic carbocycles. The van der Waals surface area contributed by atoms with Gasteiger partial charge in [-0.3, -0.25) is 0 Å². The summed E-state index contributed by atoms with van der Waals surface area (Å²) in [6, 6.07) is 8.36. The Labute approximate surface area is 123 Å². The van der Waals surface area contributed by atoms with Gasteiger partial charge in [-0.25, -0.2) is 0 Å². The van der Waals surface area contributed by atoms with E-state index in [1.54, 1.807) is 0 Å². The zero-order valence-corrected chi connectivity index (χ0v) is 11.0. The third-order valence-corrected chi connectivity index (χ3v) is 1.88. The Morgan fingerprint density at radius 2 is 0.895 bits per heavy atom. The first-order valence-electron chi connectivity index (χ1n) is 4.68. The van der Waals surface area contributed by atoms with Crippen molar-refractivity contribution in [2.75, 3.05) is 0 Å². The second-order valence-corrected chi connectivity index (χ2v) is 2.73. The molecule has 0 atom stereocenters. The number of allylic oxidation sites excluding steroid dienone is 4. The molecule has 0 aliphatic heterocycles. The summed E-state index contributed by atoms with van der Waals surface area (Å²) in [5.74, 6) is 0. The van der Waals surface area contributed by atoms with E-state index in [0.717, 1.165) is 0 Å². The molecule has 0 saturated heterocycles. The van der Waals surface area contributed by atoms with Crippen LogP contribution in [0.3, 0.4) is 0 Å². The Morgan fingerprint density at radius 3 is 1.21 bits per heavy atom. The van der Waals surface area contributed by atoms with Crippen molar-refractivity contribution in [3.63, 3.8) is 0 Å². The SMILES string of the molecule is C1=C\C=C/c2ccccc2\C=C/1.[C-]#[O+].[C-]#[O+].[C-]#[O+].[Fe]. The minimum Gasteiger partial charge on any atom is 0 e. The maximum Gasteiger partial charge on any atom is 0 e. The molecule has 0 bridgehead atoms. The van der Waals surface area contributed by atoms with Crippen molar-refractivity contribution < 1.29 is 31.0 Å². The number of rotatable bonds is 0. The first-order valence-corrected chi connectivity index (χ1v) is 4.68. The van der Waals surface area contributed by atoms with Crippen LogP contribution < -0.4 is 0 Å². The number of fused-ring (bicyclic) bond motifs is 1. The molecule has 0 radical (unpaired) electrons. The third-order valence-electron chi connectivity index (χ3n) is 1.88. The molecule has 4 heteroatoms. The average Bonchev–Trinajstić information content (AvgIpc) is 2.46. The van der Waals surface area contributed by atoms with Crippen LogP contribution in [0.2, 0.25) is 0 Å². The first-order chi connectivity index (χ1) is 8.97. The summed E-state index contributed by atoms with van der Waals surface area (Å²) in [5, 5.41) is 0. The van der Waals surface area contributed by atoms with Crippen molar-refractivity contribution in [3.05, 3.63) is 79.6 Å². The monoisotopic (exact) mass is 294 g/mol. The molecule has 0 aromatic heterocycles. The van der Waals surface area contributed by atoms with Gasteiger partial charge in [0, 0.05) is 17.1 Å². The van der Waals surface area contributed by atoms with Crippen molar-refractivity contribution in [2.24, 2.45) is 0 Å². The van der Waals surface area contributed by atoms with Crippen LogP contribution in [0.1, 0.15) is 11.1 Å². The minimum atomic E-state index is 0. The summed E-state index contributed by atoms with van der Waals surface area (Å²) in [4.78, 5) is 0. The largest absolute Gasteiger partial charge is 0 e. The van der Waals surface area contributed by atoms with Crippen molar-refractivity contribution in [3.8, 4) is 0 Å². The van der Waals surface area contributed by atoms with Crippen LogP contribution in [0.5, 0.6) is 0 Å². The summed E-state index contributed by atoms with van der Waals surface area (Å²) in [7, 11) is 0. The fraction of sp³-hybridized carbons (Fsp3) is 0. The van der Waals surface area contributed by atoms with Gasteiger partial charge < -0.3 is 0 Å². The van der Waals surface area contributed by atoms with Crippen molar-refractivity contribution in [1.82, 2.24) is 0 Å². The van der Waals surface area contributed by atoms with Gasteiger partial charge in [0.1, 0.15) is 0 Å². The van der Waals surface area contributed by atoms with Crippen LogP contribution in [-0.2, 0) is 31.0 Å². The van der Waals surface area contributed by atoms with E-state index in [4.69, 9.17) is 14.0 Å². The van der Waals surface area contributed by atoms with Gasteiger partial charge in [0.05, 0.1) is 0 Å². The maximum atomic E-state index is 7.50. The fourth-order valence-corrected chi connectivity index (χ4v) is 1.26. The molecule has 2 rings (SSSR count). The zero-order valence-electron chi connectivity index (χ0n) is 9.85. The molecule has 19 heavy (non-hydrogen) atoms. The Kier molecular flexibility index (Phi) is 21.8. The predicted octanol–water partition coefficient (Wildman–Crippen LogP) is 3.17. The molecule has 0 unspecified atom stereocenters. The predicted molar refractivity (Wildman–Crippen MR) is 65.4 cm³/mol. The van der Waals surface area contributed by atoms with Gasteiger partial charge in [-0.1, -0.05) is 60.7 Å². The normalized spacial score (nSPS) is 14.0. The molecule has 3 nitrogen and oxygen atoms in total. The quantitative estimate of drug-likeness (QED) is 0.401. The van der Waals surface area contributed by atoms with Crippen LogP contribution >= 0.6 is 0 Å². The zero-order chi connectivity index (χ0) is 14.2. The topological polar surface area (TPSA) is 59.7 Å². The van der Waals surface area contributed by atoms with Gasteiger partial charge in [-0.05, 0) is 11.1 Å². The molecule has 96 valence electrons. The van der Waals surface area contributed by atoms with Crippen LogP contribution in [0.15, 0.2) is 48.6 Å². The number of benzene rings is 1. The Bertz CT molecular complexity index is 430. The molecular weight excluding hydrogens is 284 g/mol. The van der Waals surface area contributed by atoms with Crippen LogP contribution in [-0.4, -0.2) is 0 Å². The number of hydrogen-bond donors (Lipinski definition) is 0. The summed E-state index contributed by atoms with van der Waals surface area (Å²) in [6.07, 6.45) is 12.4. The molecule has 0 amide bonds. The van der Waals surface area contributed by atoms with Gasteiger partial charge in [-0.2, -0.15) is 0 Å². The molecular formula is C15H10FeO3. The van der Waals surface area contributed by atoms with E-state index in [-0.39, 0.29) is 17.1 Å². The average molecular weight is 294 g/mol. The number of hydrogen-bond acceptors (Lipinski definition) is 0. The molecule has 0 N–H and O–H groups in total. The van der Waals surface area contributed by atoms with Crippen molar-refractivity contribution in [2.45, 2.75) is 0 Å². The van der Waals surface area contributed by atoms with Gasteiger partial charge in [0.15, 0.2) is 0 Å². The molecule has 0 heterocycles. The molecule has 0 fully saturated rings. The van der Waals surface area contributed by atoms with Gasteiger partial charge in [-0.15, -0.1) is 0 Å². The van der Waals surface area contributed by atoms with Gasteiger partial charge >= 0.3 is 33.9 Å². The Morgan fingerprint density at radius 1 is 0.579 bits per heavy atom. The third kappa shape index (κ3) is 9.84. The molecule has 1 aromatic rings. The fourth-order valence-electron chi connectivity index (χ4n) is 1.26. The van der Waals surface area contributed by atoms with E-state index < -0.39 is 0 Å². The van der Waals surface area contributed by atoms with E-state index in [1.165, 1.54) is 11.1 Å².